The second-order valence-corrected chi connectivity index (χ2v) is 7.53. The van der Waals surface area contributed by atoms with Gasteiger partial charge in [0.2, 0.25) is 5.91 Å². The summed E-state index contributed by atoms with van der Waals surface area (Å²) in [4.78, 5) is 27.4. The van der Waals surface area contributed by atoms with Crippen molar-refractivity contribution in [2.45, 2.75) is 38.8 Å². The third-order valence-corrected chi connectivity index (χ3v) is 5.55. The topological polar surface area (TPSA) is 58.6 Å². The summed E-state index contributed by atoms with van der Waals surface area (Å²) in [6.07, 6.45) is 1.71. The van der Waals surface area contributed by atoms with Gasteiger partial charge in [0.05, 0.1) is 24.6 Å². The molecule has 1 amide bonds. The molecule has 1 aliphatic heterocycles. The Bertz CT molecular complexity index is 755. The summed E-state index contributed by atoms with van der Waals surface area (Å²) in [5, 5.41) is 3.22. The fourth-order valence-corrected chi connectivity index (χ4v) is 3.89. The summed E-state index contributed by atoms with van der Waals surface area (Å²) in [5.41, 5.74) is 2.09. The molecule has 5 nitrogen and oxygen atoms in total. The van der Waals surface area contributed by atoms with Crippen molar-refractivity contribution < 1.29 is 14.3 Å². The Morgan fingerprint density at radius 2 is 1.66 bits per heavy atom. The summed E-state index contributed by atoms with van der Waals surface area (Å²) in [6.45, 7) is 5.50. The molecular weight excluding hydrogens is 364 g/mol. The zero-order valence-corrected chi connectivity index (χ0v) is 17.2. The molecule has 0 saturated carbocycles. The van der Waals surface area contributed by atoms with E-state index < -0.39 is 0 Å². The molecule has 29 heavy (non-hydrogen) atoms. The number of piperidine rings is 1. The normalized spacial score (nSPS) is 18.2. The minimum Gasteiger partial charge on any atom is -0.466 e. The molecule has 0 radical (unpaired) electrons. The van der Waals surface area contributed by atoms with Gasteiger partial charge in [-0.25, -0.2) is 0 Å². The average molecular weight is 395 g/mol. The maximum Gasteiger partial charge on any atom is 0.310 e. The first-order valence-corrected chi connectivity index (χ1v) is 10.4. The lowest BCUT2D eigenvalue weighted by Gasteiger charge is -2.35. The van der Waals surface area contributed by atoms with Crippen molar-refractivity contribution in [2.24, 2.45) is 5.92 Å². The van der Waals surface area contributed by atoms with Gasteiger partial charge >= 0.3 is 5.97 Å². The van der Waals surface area contributed by atoms with E-state index in [1.807, 2.05) is 74.5 Å². The zero-order chi connectivity index (χ0) is 20.6. The molecule has 0 unspecified atom stereocenters. The first-order valence-electron chi connectivity index (χ1n) is 10.4. The number of ether oxygens (including phenoxy) is 1. The van der Waals surface area contributed by atoms with Gasteiger partial charge in [-0.3, -0.25) is 14.5 Å². The second-order valence-electron chi connectivity index (χ2n) is 7.53. The smallest absolute Gasteiger partial charge is 0.310 e. The molecule has 1 fully saturated rings. The van der Waals surface area contributed by atoms with Crippen LogP contribution in [-0.2, 0) is 14.3 Å². The van der Waals surface area contributed by atoms with Crippen LogP contribution in [-0.4, -0.2) is 42.5 Å². The van der Waals surface area contributed by atoms with E-state index in [4.69, 9.17) is 4.74 Å². The highest BCUT2D eigenvalue weighted by molar-refractivity contribution is 5.82. The Balaban J connectivity index is 1.71. The molecule has 2 atom stereocenters. The lowest BCUT2D eigenvalue weighted by Crippen LogP contribution is -2.51. The minimum absolute atomic E-state index is 0.0350. The molecule has 1 N–H and O–H groups in total. The standard InChI is InChI=1S/C24H30N2O3/c1-3-29-24(28)21-15-10-16-26(17-21)18(2)23(27)25-22(19-11-6-4-7-12-19)20-13-8-5-9-14-20/h4-9,11-14,18,21-22H,3,10,15-17H2,1-2H3,(H,25,27)/t18-,21+/m0/s1. The van der Waals surface area contributed by atoms with E-state index >= 15 is 0 Å². The molecule has 154 valence electrons. The average Bonchev–Trinajstić information content (AvgIpc) is 2.78. The number of benzene rings is 2. The molecular formula is C24H30N2O3. The Labute approximate surface area is 173 Å². The van der Waals surface area contributed by atoms with Crippen LogP contribution in [0.3, 0.4) is 0 Å². The molecule has 0 spiro atoms. The summed E-state index contributed by atoms with van der Waals surface area (Å²) in [7, 11) is 0. The first kappa shape index (κ1) is 21.1. The lowest BCUT2D eigenvalue weighted by atomic mass is 9.96. The van der Waals surface area contributed by atoms with Crippen molar-refractivity contribution in [2.75, 3.05) is 19.7 Å². The van der Waals surface area contributed by atoms with Gasteiger partial charge in [-0.15, -0.1) is 0 Å². The highest BCUT2D eigenvalue weighted by Crippen LogP contribution is 2.24. The quantitative estimate of drug-likeness (QED) is 0.730. The van der Waals surface area contributed by atoms with Gasteiger partial charge in [0.1, 0.15) is 0 Å². The number of rotatable bonds is 7. The molecule has 0 bridgehead atoms. The molecule has 1 heterocycles. The van der Waals surface area contributed by atoms with Gasteiger partial charge in [0, 0.05) is 6.54 Å². The van der Waals surface area contributed by atoms with Crippen molar-refractivity contribution in [3.8, 4) is 0 Å². The SMILES string of the molecule is CCOC(=O)[C@@H]1CCCN([C@@H](C)C(=O)NC(c2ccccc2)c2ccccc2)C1. The Hall–Kier alpha value is -2.66. The summed E-state index contributed by atoms with van der Waals surface area (Å²) >= 11 is 0. The molecule has 5 heteroatoms. The van der Waals surface area contributed by atoms with Crippen LogP contribution in [0.25, 0.3) is 0 Å². The number of nitrogens with zero attached hydrogens (tertiary/aromatic N) is 1. The Morgan fingerprint density at radius 1 is 1.07 bits per heavy atom. The molecule has 3 rings (SSSR count). The highest BCUT2D eigenvalue weighted by Gasteiger charge is 2.32. The molecule has 2 aromatic rings. The maximum atomic E-state index is 13.1. The number of hydrogen-bond donors (Lipinski definition) is 1. The van der Waals surface area contributed by atoms with Crippen molar-refractivity contribution in [3.05, 3.63) is 71.8 Å². The summed E-state index contributed by atoms with van der Waals surface area (Å²) in [5.74, 6) is -0.346. The number of carbonyl (C=O) groups is 2. The number of esters is 1. The van der Waals surface area contributed by atoms with E-state index in [1.54, 1.807) is 0 Å². The van der Waals surface area contributed by atoms with E-state index in [-0.39, 0.29) is 29.9 Å². The van der Waals surface area contributed by atoms with E-state index in [9.17, 15) is 9.59 Å². The maximum absolute atomic E-state index is 13.1. The van der Waals surface area contributed by atoms with Crippen LogP contribution in [0.15, 0.2) is 60.7 Å². The van der Waals surface area contributed by atoms with E-state index in [1.165, 1.54) is 0 Å². The minimum atomic E-state index is -0.317. The van der Waals surface area contributed by atoms with Gasteiger partial charge in [-0.1, -0.05) is 60.7 Å². The highest BCUT2D eigenvalue weighted by atomic mass is 16.5. The third-order valence-electron chi connectivity index (χ3n) is 5.55. The van der Waals surface area contributed by atoms with Crippen LogP contribution in [0.2, 0.25) is 0 Å². The number of amides is 1. The van der Waals surface area contributed by atoms with Crippen LogP contribution >= 0.6 is 0 Å². The van der Waals surface area contributed by atoms with Gasteiger partial charge < -0.3 is 10.1 Å². The lowest BCUT2D eigenvalue weighted by molar-refractivity contribution is -0.151. The van der Waals surface area contributed by atoms with E-state index in [0.29, 0.717) is 13.2 Å². The number of likely N-dealkylation sites (tertiary alicyclic amines) is 1. The molecule has 0 aliphatic carbocycles. The fourth-order valence-electron chi connectivity index (χ4n) is 3.89. The predicted molar refractivity (Wildman–Crippen MR) is 113 cm³/mol. The Kier molecular flexibility index (Phi) is 7.42. The van der Waals surface area contributed by atoms with E-state index in [0.717, 1.165) is 30.5 Å². The van der Waals surface area contributed by atoms with Gasteiger partial charge in [-0.05, 0) is 44.4 Å². The number of nitrogens with one attached hydrogen (secondary N) is 1. The third kappa shape index (κ3) is 5.45. The Morgan fingerprint density at radius 3 is 2.21 bits per heavy atom. The van der Waals surface area contributed by atoms with Crippen LogP contribution in [0.1, 0.15) is 43.9 Å². The van der Waals surface area contributed by atoms with Crippen molar-refractivity contribution in [1.82, 2.24) is 10.2 Å². The van der Waals surface area contributed by atoms with E-state index in [2.05, 4.69) is 10.2 Å². The number of hydrogen-bond acceptors (Lipinski definition) is 4. The van der Waals surface area contributed by atoms with Crippen molar-refractivity contribution >= 4 is 11.9 Å². The van der Waals surface area contributed by atoms with Crippen LogP contribution < -0.4 is 5.32 Å². The van der Waals surface area contributed by atoms with Crippen molar-refractivity contribution in [1.29, 1.82) is 0 Å². The first-order chi connectivity index (χ1) is 14.1. The van der Waals surface area contributed by atoms with Gasteiger partial charge in [0.25, 0.3) is 0 Å². The summed E-state index contributed by atoms with van der Waals surface area (Å²) < 4.78 is 5.18. The number of carbonyl (C=O) groups excluding carboxylic acids is 2. The fraction of sp³-hybridized carbons (Fsp3) is 0.417. The molecule has 0 aromatic heterocycles. The summed E-state index contributed by atoms with van der Waals surface area (Å²) in [6, 6.07) is 19.5. The van der Waals surface area contributed by atoms with Crippen LogP contribution in [0.5, 0.6) is 0 Å². The van der Waals surface area contributed by atoms with Gasteiger partial charge in [0.15, 0.2) is 0 Å². The molecule has 1 saturated heterocycles. The van der Waals surface area contributed by atoms with Crippen molar-refractivity contribution in [3.63, 3.8) is 0 Å². The van der Waals surface area contributed by atoms with Gasteiger partial charge in [-0.2, -0.15) is 0 Å². The zero-order valence-electron chi connectivity index (χ0n) is 17.2. The largest absolute Gasteiger partial charge is 0.466 e. The van der Waals surface area contributed by atoms with Crippen LogP contribution in [0.4, 0.5) is 0 Å². The van der Waals surface area contributed by atoms with Crippen LogP contribution in [0, 0.1) is 5.92 Å². The monoisotopic (exact) mass is 394 g/mol. The molecule has 1 aliphatic rings. The second kappa shape index (κ2) is 10.2. The molecule has 2 aromatic carbocycles. The predicted octanol–water partition coefficient (Wildman–Crippen LogP) is 3.56.